The molecule has 0 radical (unpaired) electrons. The summed E-state index contributed by atoms with van der Waals surface area (Å²) in [7, 11) is 0. The molecule has 0 aliphatic heterocycles. The van der Waals surface area contributed by atoms with Crippen LogP contribution < -0.4 is 10.6 Å². The van der Waals surface area contributed by atoms with Gasteiger partial charge in [0.1, 0.15) is 5.82 Å². The number of halogens is 1. The van der Waals surface area contributed by atoms with Gasteiger partial charge < -0.3 is 15.7 Å². The van der Waals surface area contributed by atoms with Crippen molar-refractivity contribution in [3.05, 3.63) is 35.6 Å². The molecule has 1 aromatic rings. The fourth-order valence-corrected chi connectivity index (χ4v) is 1.76. The first-order valence-electron chi connectivity index (χ1n) is 6.52. The van der Waals surface area contributed by atoms with Gasteiger partial charge in [-0.2, -0.15) is 0 Å². The zero-order valence-corrected chi connectivity index (χ0v) is 11.4. The molecule has 1 unspecified atom stereocenters. The summed E-state index contributed by atoms with van der Waals surface area (Å²) in [5.74, 6) is -1.91. The second kappa shape index (κ2) is 8.14. The van der Waals surface area contributed by atoms with Gasteiger partial charge in [0.25, 0.3) is 0 Å². The lowest BCUT2D eigenvalue weighted by Crippen LogP contribution is -2.39. The molecule has 0 aliphatic carbocycles. The number of benzene rings is 1. The Balaban J connectivity index is 2.37. The third-order valence-electron chi connectivity index (χ3n) is 2.89. The molecule has 0 bridgehead atoms. The van der Waals surface area contributed by atoms with Crippen molar-refractivity contribution in [3.8, 4) is 0 Å². The van der Waals surface area contributed by atoms with Crippen LogP contribution in [0.1, 0.15) is 25.3 Å². The highest BCUT2D eigenvalue weighted by atomic mass is 19.1. The van der Waals surface area contributed by atoms with Crippen LogP contribution in [-0.2, 0) is 11.3 Å². The Kier molecular flexibility index (Phi) is 6.49. The first-order valence-corrected chi connectivity index (χ1v) is 6.52. The van der Waals surface area contributed by atoms with E-state index >= 15 is 0 Å². The number of urea groups is 1. The minimum atomic E-state index is -0.929. The molecular weight excluding hydrogens is 263 g/mol. The molecule has 0 fully saturated rings. The van der Waals surface area contributed by atoms with Crippen molar-refractivity contribution >= 4 is 12.0 Å². The van der Waals surface area contributed by atoms with E-state index in [4.69, 9.17) is 5.11 Å². The van der Waals surface area contributed by atoms with E-state index in [1.54, 1.807) is 18.2 Å². The van der Waals surface area contributed by atoms with Crippen molar-refractivity contribution in [2.24, 2.45) is 5.92 Å². The second-order valence-corrected chi connectivity index (χ2v) is 4.48. The largest absolute Gasteiger partial charge is 0.481 e. The van der Waals surface area contributed by atoms with Crippen molar-refractivity contribution in [3.63, 3.8) is 0 Å². The maximum atomic E-state index is 13.3. The number of carbonyl (C=O) groups is 2. The molecule has 5 nitrogen and oxygen atoms in total. The van der Waals surface area contributed by atoms with E-state index in [1.165, 1.54) is 6.07 Å². The minimum Gasteiger partial charge on any atom is -0.481 e. The van der Waals surface area contributed by atoms with E-state index in [9.17, 15) is 14.0 Å². The summed E-state index contributed by atoms with van der Waals surface area (Å²) in [5, 5.41) is 13.9. The Bertz CT molecular complexity index is 465. The molecule has 0 aromatic heterocycles. The number of carboxylic acids is 1. The highest BCUT2D eigenvalue weighted by Crippen LogP contribution is 2.06. The molecule has 6 heteroatoms. The molecule has 0 spiro atoms. The van der Waals surface area contributed by atoms with Crippen molar-refractivity contribution < 1.29 is 19.1 Å². The normalized spacial score (nSPS) is 11.7. The summed E-state index contributed by atoms with van der Waals surface area (Å²) in [6, 6.07) is 5.64. The van der Waals surface area contributed by atoms with E-state index in [2.05, 4.69) is 10.6 Å². The van der Waals surface area contributed by atoms with Crippen molar-refractivity contribution in [1.82, 2.24) is 10.6 Å². The molecule has 0 saturated heterocycles. The summed E-state index contributed by atoms with van der Waals surface area (Å²) in [6.45, 7) is 2.00. The molecule has 20 heavy (non-hydrogen) atoms. The zero-order valence-electron chi connectivity index (χ0n) is 11.4. The fourth-order valence-electron chi connectivity index (χ4n) is 1.76. The van der Waals surface area contributed by atoms with Gasteiger partial charge in [-0.05, 0) is 12.5 Å². The molecule has 1 atom stereocenters. The van der Waals surface area contributed by atoms with Gasteiger partial charge >= 0.3 is 12.0 Å². The Hall–Kier alpha value is -2.11. The number of rotatable bonds is 7. The van der Waals surface area contributed by atoms with Crippen LogP contribution in [0.5, 0.6) is 0 Å². The van der Waals surface area contributed by atoms with E-state index in [1.807, 2.05) is 6.92 Å². The van der Waals surface area contributed by atoms with Crippen LogP contribution in [0.15, 0.2) is 24.3 Å². The van der Waals surface area contributed by atoms with Crippen LogP contribution in [-0.4, -0.2) is 23.7 Å². The number of nitrogens with one attached hydrogen (secondary N) is 2. The highest BCUT2D eigenvalue weighted by molar-refractivity contribution is 5.75. The number of hydrogen-bond acceptors (Lipinski definition) is 2. The monoisotopic (exact) mass is 282 g/mol. The fraction of sp³-hybridized carbons (Fsp3) is 0.429. The quantitative estimate of drug-likeness (QED) is 0.717. The summed E-state index contributed by atoms with van der Waals surface area (Å²) in [4.78, 5) is 22.4. The molecule has 3 N–H and O–H groups in total. The van der Waals surface area contributed by atoms with Crippen LogP contribution in [0.4, 0.5) is 9.18 Å². The first-order chi connectivity index (χ1) is 9.54. The van der Waals surface area contributed by atoms with Crippen LogP contribution >= 0.6 is 0 Å². The van der Waals surface area contributed by atoms with Crippen LogP contribution in [0, 0.1) is 11.7 Å². The molecular formula is C14H19FN2O3. The van der Waals surface area contributed by atoms with Gasteiger partial charge in [-0.15, -0.1) is 0 Å². The SMILES string of the molecule is CCCC(CNC(=O)NCc1ccccc1F)C(=O)O. The second-order valence-electron chi connectivity index (χ2n) is 4.48. The van der Waals surface area contributed by atoms with Crippen molar-refractivity contribution in [2.45, 2.75) is 26.3 Å². The lowest BCUT2D eigenvalue weighted by atomic mass is 10.0. The van der Waals surface area contributed by atoms with Gasteiger partial charge in [0.05, 0.1) is 5.92 Å². The number of hydrogen-bond donors (Lipinski definition) is 3. The summed E-state index contributed by atoms with van der Waals surface area (Å²) >= 11 is 0. The third kappa shape index (κ3) is 5.26. The molecule has 1 aromatic carbocycles. The van der Waals surface area contributed by atoms with Gasteiger partial charge in [-0.1, -0.05) is 31.5 Å². The van der Waals surface area contributed by atoms with Gasteiger partial charge in [0.15, 0.2) is 0 Å². The Morgan fingerprint density at radius 2 is 2.00 bits per heavy atom. The number of carboxylic acid groups (broad SMARTS) is 1. The summed E-state index contributed by atoms with van der Waals surface area (Å²) in [5.41, 5.74) is 0.381. The van der Waals surface area contributed by atoms with Crippen LogP contribution in [0.3, 0.4) is 0 Å². The third-order valence-corrected chi connectivity index (χ3v) is 2.89. The minimum absolute atomic E-state index is 0.0595. The standard InChI is InChI=1S/C14H19FN2O3/c1-2-5-11(13(18)19)9-17-14(20)16-8-10-6-3-4-7-12(10)15/h3-4,6-7,11H,2,5,8-9H2,1H3,(H,18,19)(H2,16,17,20). The average Bonchev–Trinajstić information content (AvgIpc) is 2.42. The molecule has 0 heterocycles. The molecule has 1 rings (SSSR count). The molecule has 110 valence electrons. The van der Waals surface area contributed by atoms with Gasteiger partial charge in [0, 0.05) is 18.7 Å². The van der Waals surface area contributed by atoms with Gasteiger partial charge in [-0.25, -0.2) is 9.18 Å². The topological polar surface area (TPSA) is 78.4 Å². The zero-order chi connectivity index (χ0) is 15.0. The highest BCUT2D eigenvalue weighted by Gasteiger charge is 2.17. The number of amides is 2. The Labute approximate surface area is 117 Å². The molecule has 0 aliphatic rings. The van der Waals surface area contributed by atoms with Crippen molar-refractivity contribution in [1.29, 1.82) is 0 Å². The lowest BCUT2D eigenvalue weighted by Gasteiger charge is -2.13. The smallest absolute Gasteiger partial charge is 0.315 e. The lowest BCUT2D eigenvalue weighted by molar-refractivity contribution is -0.141. The van der Waals surface area contributed by atoms with E-state index in [-0.39, 0.29) is 18.9 Å². The number of aliphatic carboxylic acids is 1. The Morgan fingerprint density at radius 1 is 1.30 bits per heavy atom. The Morgan fingerprint density at radius 3 is 2.60 bits per heavy atom. The van der Waals surface area contributed by atoms with Crippen LogP contribution in [0.2, 0.25) is 0 Å². The molecule has 2 amide bonds. The maximum Gasteiger partial charge on any atom is 0.315 e. The van der Waals surface area contributed by atoms with E-state index in [0.717, 1.165) is 6.42 Å². The summed E-state index contributed by atoms with van der Waals surface area (Å²) in [6.07, 6.45) is 1.23. The average molecular weight is 282 g/mol. The van der Waals surface area contributed by atoms with Crippen molar-refractivity contribution in [2.75, 3.05) is 6.54 Å². The van der Waals surface area contributed by atoms with E-state index in [0.29, 0.717) is 12.0 Å². The predicted molar refractivity (Wildman–Crippen MR) is 72.7 cm³/mol. The van der Waals surface area contributed by atoms with E-state index < -0.39 is 17.9 Å². The predicted octanol–water partition coefficient (Wildman–Crippen LogP) is 2.13. The van der Waals surface area contributed by atoms with Crippen LogP contribution in [0.25, 0.3) is 0 Å². The van der Waals surface area contributed by atoms with Gasteiger partial charge in [-0.3, -0.25) is 4.79 Å². The number of carbonyl (C=O) groups excluding carboxylic acids is 1. The molecule has 0 saturated carbocycles. The van der Waals surface area contributed by atoms with Gasteiger partial charge in [0.2, 0.25) is 0 Å². The summed E-state index contributed by atoms with van der Waals surface area (Å²) < 4.78 is 13.3. The maximum absolute atomic E-state index is 13.3. The first kappa shape index (κ1) is 15.9.